The molecule has 2 heterocycles. The molecule has 6 nitrogen and oxygen atoms in total. The monoisotopic (exact) mass is 344 g/mol. The molecule has 1 atom stereocenters. The molecule has 0 aliphatic carbocycles. The Morgan fingerprint density at radius 3 is 2.54 bits per heavy atom. The van der Waals surface area contributed by atoms with Gasteiger partial charge in [0.05, 0.1) is 6.33 Å². The van der Waals surface area contributed by atoms with Crippen molar-refractivity contribution in [3.05, 3.63) is 57.5 Å². The summed E-state index contributed by atoms with van der Waals surface area (Å²) >= 11 is 1.79. The van der Waals surface area contributed by atoms with Gasteiger partial charge >= 0.3 is 5.69 Å². The lowest BCUT2D eigenvalue weighted by atomic mass is 10.2. The molecule has 2 aromatic heterocycles. The van der Waals surface area contributed by atoms with Crippen molar-refractivity contribution in [2.45, 2.75) is 24.3 Å². The molecule has 3 rings (SSSR count). The van der Waals surface area contributed by atoms with Crippen molar-refractivity contribution in [3.63, 3.8) is 0 Å². The third-order valence-corrected chi connectivity index (χ3v) is 5.24. The highest BCUT2D eigenvalue weighted by molar-refractivity contribution is 7.99. The number of nitrogens with zero attached hydrogens (tertiary/aromatic N) is 4. The van der Waals surface area contributed by atoms with Crippen LogP contribution >= 0.6 is 11.8 Å². The molecule has 0 aliphatic heterocycles. The van der Waals surface area contributed by atoms with E-state index in [2.05, 4.69) is 24.0 Å². The van der Waals surface area contributed by atoms with Crippen LogP contribution in [0, 0.1) is 0 Å². The van der Waals surface area contributed by atoms with Crippen LogP contribution < -0.4 is 11.2 Å². The van der Waals surface area contributed by atoms with Gasteiger partial charge in [-0.3, -0.25) is 13.9 Å². The maximum absolute atomic E-state index is 12.5. The summed E-state index contributed by atoms with van der Waals surface area (Å²) in [6.07, 6.45) is 2.56. The first-order valence-corrected chi connectivity index (χ1v) is 8.79. The summed E-state index contributed by atoms with van der Waals surface area (Å²) in [7, 11) is 3.13. The van der Waals surface area contributed by atoms with Gasteiger partial charge in [0.25, 0.3) is 5.56 Å². The zero-order valence-electron chi connectivity index (χ0n) is 14.0. The molecule has 126 valence electrons. The lowest BCUT2D eigenvalue weighted by molar-refractivity contribution is 0.545. The summed E-state index contributed by atoms with van der Waals surface area (Å²) < 4.78 is 4.42. The van der Waals surface area contributed by atoms with E-state index in [1.54, 1.807) is 25.1 Å². The summed E-state index contributed by atoms with van der Waals surface area (Å²) in [4.78, 5) is 30.0. The highest BCUT2D eigenvalue weighted by Gasteiger charge is 2.17. The van der Waals surface area contributed by atoms with E-state index in [0.717, 1.165) is 16.7 Å². The van der Waals surface area contributed by atoms with E-state index in [0.29, 0.717) is 11.2 Å². The summed E-state index contributed by atoms with van der Waals surface area (Å²) in [6.45, 7) is 2.07. The van der Waals surface area contributed by atoms with Gasteiger partial charge in [0.2, 0.25) is 0 Å². The molecule has 0 bridgehead atoms. The molecule has 0 aliphatic rings. The second-order valence-corrected chi connectivity index (χ2v) is 7.00. The van der Waals surface area contributed by atoms with Crippen LogP contribution in [0.15, 0.2) is 51.1 Å². The van der Waals surface area contributed by atoms with E-state index < -0.39 is 0 Å². The second kappa shape index (κ2) is 6.68. The molecular formula is C17H20N4O2S. The van der Waals surface area contributed by atoms with Crippen LogP contribution in [0.2, 0.25) is 0 Å². The molecule has 7 heteroatoms. The van der Waals surface area contributed by atoms with Crippen molar-refractivity contribution in [2.24, 2.45) is 14.1 Å². The van der Waals surface area contributed by atoms with Gasteiger partial charge in [0, 0.05) is 25.0 Å². The molecule has 0 spiro atoms. The van der Waals surface area contributed by atoms with Crippen molar-refractivity contribution in [2.75, 3.05) is 5.75 Å². The number of fused-ring (bicyclic) bond motifs is 1. The average molecular weight is 344 g/mol. The van der Waals surface area contributed by atoms with Crippen molar-refractivity contribution in [1.29, 1.82) is 0 Å². The van der Waals surface area contributed by atoms with Crippen LogP contribution in [0.1, 0.15) is 19.4 Å². The summed E-state index contributed by atoms with van der Waals surface area (Å²) in [5.74, 6) is 0.941. The molecule has 0 fully saturated rings. The maximum Gasteiger partial charge on any atom is 0.332 e. The Morgan fingerprint density at radius 2 is 1.83 bits per heavy atom. The van der Waals surface area contributed by atoms with Crippen LogP contribution in [0.25, 0.3) is 11.2 Å². The largest absolute Gasteiger partial charge is 0.332 e. The van der Waals surface area contributed by atoms with Gasteiger partial charge in [-0.2, -0.15) is 0 Å². The number of hydrogen-bond acceptors (Lipinski definition) is 4. The number of aromatic nitrogens is 4. The minimum absolute atomic E-state index is 0.122. The molecule has 0 amide bonds. The maximum atomic E-state index is 12.5. The number of imidazole rings is 1. The number of thioether (sulfide) groups is 1. The van der Waals surface area contributed by atoms with E-state index >= 15 is 0 Å². The molecular weight excluding hydrogens is 324 g/mol. The Labute approximate surface area is 143 Å². The van der Waals surface area contributed by atoms with Crippen LogP contribution in [0.5, 0.6) is 0 Å². The Morgan fingerprint density at radius 1 is 1.12 bits per heavy atom. The number of benzene rings is 1. The highest BCUT2D eigenvalue weighted by atomic mass is 32.2. The Bertz CT molecular complexity index is 972. The van der Waals surface area contributed by atoms with Gasteiger partial charge < -0.3 is 4.57 Å². The van der Waals surface area contributed by atoms with Gasteiger partial charge in [-0.15, -0.1) is 11.8 Å². The van der Waals surface area contributed by atoms with Crippen molar-refractivity contribution in [3.8, 4) is 0 Å². The van der Waals surface area contributed by atoms with Gasteiger partial charge in [0.15, 0.2) is 11.2 Å². The smallest absolute Gasteiger partial charge is 0.322 e. The first-order valence-electron chi connectivity index (χ1n) is 7.81. The topological polar surface area (TPSA) is 61.8 Å². The van der Waals surface area contributed by atoms with Crippen molar-refractivity contribution < 1.29 is 0 Å². The van der Waals surface area contributed by atoms with Crippen molar-refractivity contribution in [1.82, 2.24) is 18.7 Å². The zero-order chi connectivity index (χ0) is 17.3. The van der Waals surface area contributed by atoms with E-state index in [1.165, 1.54) is 16.5 Å². The third-order valence-electron chi connectivity index (χ3n) is 4.20. The molecule has 0 N–H and O–H groups in total. The van der Waals surface area contributed by atoms with Gasteiger partial charge in [-0.1, -0.05) is 18.2 Å². The fourth-order valence-electron chi connectivity index (χ4n) is 2.70. The standard InChI is InChI=1S/C17H20N4O2S/c1-12(9-10-24-13-7-5-4-6-8-13)21-11-18-15-14(21)16(22)20(3)17(23)19(15)2/h4-8,11-12H,9-10H2,1-3H3/t12-/m0/s1. The summed E-state index contributed by atoms with van der Waals surface area (Å²) in [6, 6.07) is 10.4. The number of aryl methyl sites for hydroxylation is 1. The van der Waals surface area contributed by atoms with Crippen LogP contribution in [-0.2, 0) is 14.1 Å². The molecule has 0 unspecified atom stereocenters. The lowest BCUT2D eigenvalue weighted by Gasteiger charge is -2.14. The van der Waals surface area contributed by atoms with Gasteiger partial charge in [0.1, 0.15) is 0 Å². The summed E-state index contributed by atoms with van der Waals surface area (Å²) in [5.41, 5.74) is 0.265. The van der Waals surface area contributed by atoms with E-state index in [4.69, 9.17) is 0 Å². The lowest BCUT2D eigenvalue weighted by Crippen LogP contribution is -2.37. The highest BCUT2D eigenvalue weighted by Crippen LogP contribution is 2.23. The predicted molar refractivity (Wildman–Crippen MR) is 96.7 cm³/mol. The Hall–Kier alpha value is -2.28. The molecule has 3 aromatic rings. The molecule has 0 saturated carbocycles. The van der Waals surface area contributed by atoms with Crippen LogP contribution in [0.3, 0.4) is 0 Å². The van der Waals surface area contributed by atoms with E-state index in [-0.39, 0.29) is 17.3 Å². The normalized spacial score (nSPS) is 12.6. The minimum atomic E-state index is -0.356. The Balaban J connectivity index is 1.84. The molecule has 1 aromatic carbocycles. The fraction of sp³-hybridized carbons (Fsp3) is 0.353. The quantitative estimate of drug-likeness (QED) is 0.666. The zero-order valence-corrected chi connectivity index (χ0v) is 14.8. The van der Waals surface area contributed by atoms with Crippen LogP contribution in [0.4, 0.5) is 0 Å². The SMILES string of the molecule is C[C@@H](CCSc1ccccc1)n1cnc2c1c(=O)n(C)c(=O)n2C. The van der Waals surface area contributed by atoms with E-state index in [1.807, 2.05) is 22.8 Å². The molecule has 24 heavy (non-hydrogen) atoms. The van der Waals surface area contributed by atoms with Gasteiger partial charge in [-0.25, -0.2) is 9.78 Å². The van der Waals surface area contributed by atoms with E-state index in [9.17, 15) is 9.59 Å². The van der Waals surface area contributed by atoms with Crippen molar-refractivity contribution >= 4 is 22.9 Å². The molecule has 0 radical (unpaired) electrons. The second-order valence-electron chi connectivity index (χ2n) is 5.83. The predicted octanol–water partition coefficient (Wildman–Crippen LogP) is 2.18. The third kappa shape index (κ3) is 2.91. The van der Waals surface area contributed by atoms with Gasteiger partial charge in [-0.05, 0) is 31.2 Å². The Kier molecular flexibility index (Phi) is 4.62. The number of hydrogen-bond donors (Lipinski definition) is 0. The summed E-state index contributed by atoms with van der Waals surface area (Å²) in [5, 5.41) is 0. The first kappa shape index (κ1) is 16.6. The first-order chi connectivity index (χ1) is 11.5. The minimum Gasteiger partial charge on any atom is -0.322 e. The average Bonchev–Trinajstić information content (AvgIpc) is 3.04. The fourth-order valence-corrected chi connectivity index (χ4v) is 3.75. The number of rotatable bonds is 5. The van der Waals surface area contributed by atoms with Crippen LogP contribution in [-0.4, -0.2) is 24.4 Å². The molecule has 0 saturated heterocycles.